The van der Waals surface area contributed by atoms with Gasteiger partial charge in [0.25, 0.3) is 0 Å². The Morgan fingerprint density at radius 3 is 2.72 bits per heavy atom. The Bertz CT molecular complexity index is 1220. The lowest BCUT2D eigenvalue weighted by atomic mass is 10.1. The fourth-order valence-electron chi connectivity index (χ4n) is 4.01. The van der Waals surface area contributed by atoms with Crippen molar-refractivity contribution in [2.75, 3.05) is 33.2 Å². The van der Waals surface area contributed by atoms with E-state index in [0.29, 0.717) is 33.6 Å². The average molecular weight is 410 g/mol. The van der Waals surface area contributed by atoms with Gasteiger partial charge in [0.15, 0.2) is 0 Å². The van der Waals surface area contributed by atoms with E-state index in [9.17, 15) is 9.90 Å². The predicted molar refractivity (Wildman–Crippen MR) is 114 cm³/mol. The fraction of sp³-hybridized carbons (Fsp3) is 0.273. The standard InChI is InChI=1S/C22H21N3O3S/c1-24-8-10-25(11-9-24)12-15-18(26)7-6-14-20(27)16(13-28-21(14)15)22-23-17-4-2-3-5-19(17)29-22/h2-7,13,26H,8-12H2,1H3/p+2. The van der Waals surface area contributed by atoms with Gasteiger partial charge in [0, 0.05) is 0 Å². The highest BCUT2D eigenvalue weighted by Gasteiger charge is 2.24. The lowest BCUT2D eigenvalue weighted by Gasteiger charge is -2.27. The Kier molecular flexibility index (Phi) is 4.58. The van der Waals surface area contributed by atoms with Crippen molar-refractivity contribution in [3.05, 3.63) is 58.4 Å². The Labute approximate surface area is 171 Å². The van der Waals surface area contributed by atoms with Gasteiger partial charge in [-0.05, 0) is 24.3 Å². The quantitative estimate of drug-likeness (QED) is 0.466. The maximum Gasteiger partial charge on any atom is 0.202 e. The third kappa shape index (κ3) is 3.31. The predicted octanol–water partition coefficient (Wildman–Crippen LogP) is 0.689. The highest BCUT2D eigenvalue weighted by atomic mass is 32.1. The van der Waals surface area contributed by atoms with Crippen molar-refractivity contribution >= 4 is 32.5 Å². The molecule has 29 heavy (non-hydrogen) atoms. The SMILES string of the molecule is C[NH+]1CC[NH+](Cc2c(O)ccc3c(=O)c(-c4nc5ccccc5s4)coc23)CC1. The minimum Gasteiger partial charge on any atom is -0.507 e. The molecule has 1 saturated heterocycles. The zero-order chi connectivity index (χ0) is 20.0. The summed E-state index contributed by atoms with van der Waals surface area (Å²) in [5, 5.41) is 11.6. The summed E-state index contributed by atoms with van der Waals surface area (Å²) in [7, 11) is 2.20. The van der Waals surface area contributed by atoms with Crippen LogP contribution in [0.2, 0.25) is 0 Å². The van der Waals surface area contributed by atoms with E-state index in [-0.39, 0.29) is 11.2 Å². The van der Waals surface area contributed by atoms with Crippen molar-refractivity contribution in [1.29, 1.82) is 0 Å². The number of nitrogens with one attached hydrogen (secondary N) is 2. The number of fused-ring (bicyclic) bond motifs is 2. The first-order valence-electron chi connectivity index (χ1n) is 9.87. The number of phenols is 1. The molecule has 1 aliphatic heterocycles. The van der Waals surface area contributed by atoms with E-state index in [1.54, 1.807) is 12.1 Å². The van der Waals surface area contributed by atoms with Crippen LogP contribution in [0.4, 0.5) is 0 Å². The molecule has 0 spiro atoms. The van der Waals surface area contributed by atoms with Crippen LogP contribution < -0.4 is 15.2 Å². The number of hydrogen-bond donors (Lipinski definition) is 3. The van der Waals surface area contributed by atoms with Crippen molar-refractivity contribution < 1.29 is 19.3 Å². The van der Waals surface area contributed by atoms with E-state index < -0.39 is 0 Å². The molecule has 7 heteroatoms. The van der Waals surface area contributed by atoms with Gasteiger partial charge in [0.05, 0.1) is 33.8 Å². The molecule has 4 aromatic rings. The van der Waals surface area contributed by atoms with Crippen LogP contribution in [0.3, 0.4) is 0 Å². The number of likely N-dealkylation sites (N-methyl/N-ethyl adjacent to an activating group) is 1. The van der Waals surface area contributed by atoms with Crippen LogP contribution in [0.1, 0.15) is 5.56 Å². The molecule has 0 atom stereocenters. The summed E-state index contributed by atoms with van der Waals surface area (Å²) in [6.45, 7) is 4.93. The smallest absolute Gasteiger partial charge is 0.202 e. The van der Waals surface area contributed by atoms with E-state index in [1.807, 2.05) is 24.3 Å². The third-order valence-corrected chi connectivity index (χ3v) is 6.85. The summed E-state index contributed by atoms with van der Waals surface area (Å²) in [5.74, 6) is 0.187. The number of thiazole rings is 1. The summed E-state index contributed by atoms with van der Waals surface area (Å²) < 4.78 is 6.97. The zero-order valence-corrected chi connectivity index (χ0v) is 17.0. The Morgan fingerprint density at radius 2 is 1.93 bits per heavy atom. The van der Waals surface area contributed by atoms with Gasteiger partial charge in [-0.3, -0.25) is 4.79 Å². The maximum absolute atomic E-state index is 13.2. The first-order chi connectivity index (χ1) is 14.1. The number of aromatic nitrogens is 1. The molecule has 0 bridgehead atoms. The number of piperazine rings is 1. The Balaban J connectivity index is 1.57. The third-order valence-electron chi connectivity index (χ3n) is 5.78. The molecular formula is C22H23N3O3S+2. The van der Waals surface area contributed by atoms with Crippen LogP contribution >= 0.6 is 11.3 Å². The van der Waals surface area contributed by atoms with Gasteiger partial charge in [-0.2, -0.15) is 0 Å². The molecule has 3 N–H and O–H groups in total. The van der Waals surface area contributed by atoms with Gasteiger partial charge in [0.2, 0.25) is 5.43 Å². The molecule has 0 saturated carbocycles. The monoisotopic (exact) mass is 409 g/mol. The molecule has 148 valence electrons. The van der Waals surface area contributed by atoms with Gasteiger partial charge in [0.1, 0.15) is 55.3 Å². The van der Waals surface area contributed by atoms with Gasteiger partial charge >= 0.3 is 0 Å². The molecular weight excluding hydrogens is 386 g/mol. The van der Waals surface area contributed by atoms with E-state index in [1.165, 1.54) is 27.4 Å². The summed E-state index contributed by atoms with van der Waals surface area (Å²) in [6, 6.07) is 11.1. The molecule has 0 amide bonds. The molecule has 2 aromatic carbocycles. The second-order valence-electron chi connectivity index (χ2n) is 7.79. The number of phenolic OH excluding ortho intramolecular Hbond substituents is 1. The van der Waals surface area contributed by atoms with E-state index in [2.05, 4.69) is 12.0 Å². The van der Waals surface area contributed by atoms with Gasteiger partial charge in [-0.1, -0.05) is 12.1 Å². The van der Waals surface area contributed by atoms with Gasteiger partial charge < -0.3 is 19.3 Å². The number of benzene rings is 2. The summed E-state index contributed by atoms with van der Waals surface area (Å²) in [6.07, 6.45) is 1.49. The molecule has 1 aliphatic rings. The van der Waals surface area contributed by atoms with E-state index in [0.717, 1.165) is 36.4 Å². The van der Waals surface area contributed by atoms with Crippen LogP contribution in [0.5, 0.6) is 5.75 Å². The fourth-order valence-corrected chi connectivity index (χ4v) is 4.98. The largest absolute Gasteiger partial charge is 0.507 e. The molecule has 5 rings (SSSR count). The number of rotatable bonds is 3. The first-order valence-corrected chi connectivity index (χ1v) is 10.7. The number of hydrogen-bond acceptors (Lipinski definition) is 5. The van der Waals surface area contributed by atoms with Crippen LogP contribution in [-0.4, -0.2) is 43.3 Å². The second-order valence-corrected chi connectivity index (χ2v) is 8.82. The zero-order valence-electron chi connectivity index (χ0n) is 16.2. The van der Waals surface area contributed by atoms with Crippen molar-refractivity contribution in [3.8, 4) is 16.3 Å². The van der Waals surface area contributed by atoms with Crippen molar-refractivity contribution in [2.45, 2.75) is 6.54 Å². The topological polar surface area (TPSA) is 72.2 Å². The maximum atomic E-state index is 13.2. The van der Waals surface area contributed by atoms with Crippen LogP contribution in [0, 0.1) is 0 Å². The van der Waals surface area contributed by atoms with Crippen LogP contribution in [0.15, 0.2) is 51.9 Å². The molecule has 0 radical (unpaired) electrons. The number of nitrogens with zero attached hydrogens (tertiary/aromatic N) is 1. The number of aromatic hydroxyl groups is 1. The molecule has 6 nitrogen and oxygen atoms in total. The van der Waals surface area contributed by atoms with E-state index in [4.69, 9.17) is 4.42 Å². The van der Waals surface area contributed by atoms with Crippen LogP contribution in [0.25, 0.3) is 31.8 Å². The molecule has 1 fully saturated rings. The Morgan fingerprint density at radius 1 is 1.14 bits per heavy atom. The van der Waals surface area contributed by atoms with Crippen molar-refractivity contribution in [2.24, 2.45) is 0 Å². The van der Waals surface area contributed by atoms with Gasteiger partial charge in [-0.15, -0.1) is 11.3 Å². The number of para-hydroxylation sites is 1. The highest BCUT2D eigenvalue weighted by molar-refractivity contribution is 7.21. The lowest BCUT2D eigenvalue weighted by molar-refractivity contribution is -1.01. The summed E-state index contributed by atoms with van der Waals surface area (Å²) >= 11 is 1.48. The molecule has 3 heterocycles. The Hall–Kier alpha value is -2.74. The van der Waals surface area contributed by atoms with Gasteiger partial charge in [-0.25, -0.2) is 4.98 Å². The normalized spacial score (nSPS) is 19.8. The van der Waals surface area contributed by atoms with Crippen LogP contribution in [-0.2, 0) is 6.54 Å². The number of quaternary nitrogens is 2. The average Bonchev–Trinajstić information content (AvgIpc) is 3.16. The molecule has 2 aromatic heterocycles. The minimum absolute atomic E-state index is 0.107. The highest BCUT2D eigenvalue weighted by Crippen LogP contribution is 2.31. The van der Waals surface area contributed by atoms with Crippen molar-refractivity contribution in [1.82, 2.24) is 4.98 Å². The van der Waals surface area contributed by atoms with E-state index >= 15 is 0 Å². The summed E-state index contributed by atoms with van der Waals surface area (Å²) in [4.78, 5) is 20.7. The first kappa shape index (κ1) is 18.3. The lowest BCUT2D eigenvalue weighted by Crippen LogP contribution is -3.26. The second kappa shape index (κ2) is 7.26. The minimum atomic E-state index is -0.107. The van der Waals surface area contributed by atoms with Crippen molar-refractivity contribution in [3.63, 3.8) is 0 Å². The molecule has 0 aliphatic carbocycles. The molecule has 0 unspecified atom stereocenters. The summed E-state index contributed by atoms with van der Waals surface area (Å²) in [5.41, 5.74) is 2.43.